The van der Waals surface area contributed by atoms with Crippen molar-refractivity contribution in [3.8, 4) is 0 Å². The Kier molecular flexibility index (Phi) is 5.95. The Morgan fingerprint density at radius 2 is 2.21 bits per heavy atom. The van der Waals surface area contributed by atoms with E-state index in [1.54, 1.807) is 0 Å². The number of rotatable bonds is 5. The molecule has 0 aromatic heterocycles. The molecule has 0 aromatic carbocycles. The summed E-state index contributed by atoms with van der Waals surface area (Å²) in [5.74, 6) is 0.223. The van der Waals surface area contributed by atoms with Crippen LogP contribution in [0.5, 0.6) is 0 Å². The molecule has 2 nitrogen and oxygen atoms in total. The fraction of sp³-hybridized carbons (Fsp3) is 0.867. The Bertz CT molecular complexity index is 328. The first-order valence-corrected chi connectivity index (χ1v) is 8.24. The van der Waals surface area contributed by atoms with Crippen molar-refractivity contribution in [3.63, 3.8) is 0 Å². The van der Waals surface area contributed by atoms with Crippen molar-refractivity contribution < 1.29 is 10.2 Å². The number of hydrogen-bond donors (Lipinski definition) is 2. The largest absolute Gasteiger partial charge is 0.390 e. The minimum absolute atomic E-state index is 0.218. The minimum Gasteiger partial charge on any atom is -0.390 e. The summed E-state index contributed by atoms with van der Waals surface area (Å²) in [5, 5.41) is 20.4. The van der Waals surface area contributed by atoms with Crippen LogP contribution in [0.25, 0.3) is 0 Å². The predicted octanol–water partition coefficient (Wildman–Crippen LogP) is 4.02. The summed E-state index contributed by atoms with van der Waals surface area (Å²) in [6, 6.07) is 0. The third-order valence-corrected chi connectivity index (χ3v) is 6.60. The molecule has 0 spiro atoms. The number of aliphatic hydroxyl groups is 2. The zero-order valence-electron chi connectivity index (χ0n) is 12.1. The van der Waals surface area contributed by atoms with Crippen molar-refractivity contribution >= 4 is 27.5 Å². The van der Waals surface area contributed by atoms with Gasteiger partial charge < -0.3 is 10.2 Å². The number of halogens is 2. The Labute approximate surface area is 130 Å². The Hall–Kier alpha value is 0.430. The van der Waals surface area contributed by atoms with Gasteiger partial charge in [-0.3, -0.25) is 0 Å². The van der Waals surface area contributed by atoms with Gasteiger partial charge in [-0.05, 0) is 58.8 Å². The molecule has 5 atom stereocenters. The van der Waals surface area contributed by atoms with Crippen molar-refractivity contribution in [3.05, 3.63) is 12.2 Å². The van der Waals surface area contributed by atoms with Gasteiger partial charge in [-0.1, -0.05) is 28.1 Å². The van der Waals surface area contributed by atoms with Crippen molar-refractivity contribution in [2.24, 2.45) is 5.92 Å². The molecule has 19 heavy (non-hydrogen) atoms. The van der Waals surface area contributed by atoms with Gasteiger partial charge in [-0.25, -0.2) is 0 Å². The summed E-state index contributed by atoms with van der Waals surface area (Å²) in [5.41, 5.74) is 0.00156. The molecule has 2 N–H and O–H groups in total. The van der Waals surface area contributed by atoms with Crippen LogP contribution in [0.4, 0.5) is 0 Å². The average Bonchev–Trinajstić information content (AvgIpc) is 2.29. The molecule has 1 saturated carbocycles. The topological polar surface area (TPSA) is 40.5 Å². The van der Waals surface area contributed by atoms with E-state index in [-0.39, 0.29) is 15.6 Å². The first-order valence-electron chi connectivity index (χ1n) is 6.95. The lowest BCUT2D eigenvalue weighted by Gasteiger charge is -2.43. The molecule has 0 amide bonds. The van der Waals surface area contributed by atoms with Crippen LogP contribution in [-0.4, -0.2) is 31.6 Å². The van der Waals surface area contributed by atoms with Gasteiger partial charge >= 0.3 is 0 Å². The minimum atomic E-state index is -0.754. The third kappa shape index (κ3) is 4.73. The maximum atomic E-state index is 10.7. The van der Waals surface area contributed by atoms with Gasteiger partial charge in [0.05, 0.1) is 16.6 Å². The van der Waals surface area contributed by atoms with Crippen LogP contribution in [0.15, 0.2) is 12.2 Å². The lowest BCUT2D eigenvalue weighted by molar-refractivity contribution is -0.0326. The third-order valence-electron chi connectivity index (χ3n) is 4.50. The van der Waals surface area contributed by atoms with Crippen LogP contribution < -0.4 is 0 Å². The summed E-state index contributed by atoms with van der Waals surface area (Å²) in [6.45, 7) is 9.48. The first-order chi connectivity index (χ1) is 8.56. The highest BCUT2D eigenvalue weighted by Crippen LogP contribution is 2.45. The van der Waals surface area contributed by atoms with Gasteiger partial charge in [0.1, 0.15) is 0 Å². The average molecular weight is 354 g/mol. The van der Waals surface area contributed by atoms with E-state index in [2.05, 4.69) is 22.5 Å². The second-order valence-electron chi connectivity index (χ2n) is 6.47. The molecule has 0 aromatic rings. The predicted molar refractivity (Wildman–Crippen MR) is 85.0 cm³/mol. The molecule has 0 radical (unpaired) electrons. The van der Waals surface area contributed by atoms with E-state index in [1.807, 2.05) is 20.8 Å². The van der Waals surface area contributed by atoms with Crippen molar-refractivity contribution in [2.75, 3.05) is 0 Å². The second-order valence-corrected chi connectivity index (χ2v) is 8.44. The number of aliphatic hydroxyl groups excluding tert-OH is 1. The maximum absolute atomic E-state index is 10.7. The summed E-state index contributed by atoms with van der Waals surface area (Å²) in [7, 11) is 0. The maximum Gasteiger partial charge on any atom is 0.0745 e. The van der Waals surface area contributed by atoms with Gasteiger partial charge in [0.15, 0.2) is 0 Å². The quantitative estimate of drug-likeness (QED) is 0.579. The first kappa shape index (κ1) is 17.5. The molecule has 0 aliphatic heterocycles. The SMILES string of the molecule is C=C(C)[C@H](O)CC[C@@](C)(O)[C@H]1CC[C@](C)(Cl)[C@@H](Br)C1. The van der Waals surface area contributed by atoms with Crippen LogP contribution in [0.2, 0.25) is 0 Å². The van der Waals surface area contributed by atoms with Gasteiger partial charge in [-0.15, -0.1) is 11.6 Å². The zero-order valence-corrected chi connectivity index (χ0v) is 14.5. The summed E-state index contributed by atoms with van der Waals surface area (Å²) >= 11 is 10.1. The lowest BCUT2D eigenvalue weighted by atomic mass is 9.72. The fourth-order valence-electron chi connectivity index (χ4n) is 2.67. The standard InChI is InChI=1S/C15H26BrClO2/c1-10(2)12(18)6-8-15(4,19)11-5-7-14(3,17)13(16)9-11/h11-13,18-19H,1,5-9H2,2-4H3/t11-,12+,13-,14-,15+/m0/s1. The van der Waals surface area contributed by atoms with E-state index < -0.39 is 11.7 Å². The fourth-order valence-corrected chi connectivity index (χ4v) is 3.55. The van der Waals surface area contributed by atoms with E-state index in [0.29, 0.717) is 12.8 Å². The molecule has 1 rings (SSSR count). The number of alkyl halides is 2. The molecule has 1 fully saturated rings. The molecule has 0 saturated heterocycles. The second kappa shape index (κ2) is 6.46. The molecular weight excluding hydrogens is 328 g/mol. The molecular formula is C15H26BrClO2. The lowest BCUT2D eigenvalue weighted by Crippen LogP contribution is -2.45. The van der Waals surface area contributed by atoms with Gasteiger partial charge in [0.25, 0.3) is 0 Å². The van der Waals surface area contributed by atoms with Crippen LogP contribution in [-0.2, 0) is 0 Å². The van der Waals surface area contributed by atoms with E-state index in [9.17, 15) is 10.2 Å². The molecule has 1 aliphatic rings. The van der Waals surface area contributed by atoms with Crippen LogP contribution >= 0.6 is 27.5 Å². The summed E-state index contributed by atoms with van der Waals surface area (Å²) in [6.07, 6.45) is 3.32. The van der Waals surface area contributed by atoms with Gasteiger partial charge in [0, 0.05) is 4.83 Å². The van der Waals surface area contributed by atoms with Gasteiger partial charge in [-0.2, -0.15) is 0 Å². The Balaban J connectivity index is 2.56. The van der Waals surface area contributed by atoms with Crippen molar-refractivity contribution in [1.82, 2.24) is 0 Å². The normalized spacial score (nSPS) is 36.6. The van der Waals surface area contributed by atoms with Crippen LogP contribution in [0, 0.1) is 5.92 Å². The van der Waals surface area contributed by atoms with E-state index in [0.717, 1.165) is 24.8 Å². The van der Waals surface area contributed by atoms with Crippen LogP contribution in [0.1, 0.15) is 52.9 Å². The Morgan fingerprint density at radius 3 is 2.68 bits per heavy atom. The summed E-state index contributed by atoms with van der Waals surface area (Å²) in [4.78, 5) is 0.00188. The summed E-state index contributed by atoms with van der Waals surface area (Å²) < 4.78 is 0. The Morgan fingerprint density at radius 1 is 1.63 bits per heavy atom. The smallest absolute Gasteiger partial charge is 0.0745 e. The zero-order chi connectivity index (χ0) is 14.8. The van der Waals surface area contributed by atoms with E-state index in [1.165, 1.54) is 0 Å². The highest BCUT2D eigenvalue weighted by atomic mass is 79.9. The molecule has 1 aliphatic carbocycles. The molecule has 0 bridgehead atoms. The van der Waals surface area contributed by atoms with Crippen molar-refractivity contribution in [2.45, 2.75) is 74.3 Å². The molecule has 4 heteroatoms. The van der Waals surface area contributed by atoms with Crippen LogP contribution in [0.3, 0.4) is 0 Å². The number of hydrogen-bond acceptors (Lipinski definition) is 2. The molecule has 0 heterocycles. The molecule has 0 unspecified atom stereocenters. The van der Waals surface area contributed by atoms with E-state index in [4.69, 9.17) is 11.6 Å². The molecule has 112 valence electrons. The van der Waals surface area contributed by atoms with Crippen molar-refractivity contribution in [1.29, 1.82) is 0 Å². The highest BCUT2D eigenvalue weighted by molar-refractivity contribution is 9.09. The highest BCUT2D eigenvalue weighted by Gasteiger charge is 2.43. The van der Waals surface area contributed by atoms with E-state index >= 15 is 0 Å². The monoisotopic (exact) mass is 352 g/mol. The van der Waals surface area contributed by atoms with Gasteiger partial charge in [0.2, 0.25) is 0 Å².